The number of aromatic nitrogens is 3. The van der Waals surface area contributed by atoms with Gasteiger partial charge in [-0.25, -0.2) is 4.98 Å². The van der Waals surface area contributed by atoms with Gasteiger partial charge in [0.1, 0.15) is 5.52 Å². The van der Waals surface area contributed by atoms with E-state index in [1.807, 2.05) is 42.5 Å². The normalized spacial score (nSPS) is 10.8. The van der Waals surface area contributed by atoms with Crippen LogP contribution in [0, 0.1) is 0 Å². The lowest BCUT2D eigenvalue weighted by Gasteiger charge is -2.05. The van der Waals surface area contributed by atoms with Crippen molar-refractivity contribution >= 4 is 11.0 Å². The number of methoxy groups -OCH3 is 1. The van der Waals surface area contributed by atoms with Gasteiger partial charge in [0.15, 0.2) is 0 Å². The second kappa shape index (κ2) is 5.57. The smallest absolute Gasteiger partial charge is 0.213 e. The van der Waals surface area contributed by atoms with Crippen LogP contribution in [0.4, 0.5) is 0 Å². The Morgan fingerprint density at radius 2 is 1.65 bits per heavy atom. The number of hydrogen-bond acceptors (Lipinski definition) is 3. The van der Waals surface area contributed by atoms with Crippen LogP contribution in [0.25, 0.3) is 33.4 Å². The quantitative estimate of drug-likeness (QED) is 0.614. The Kier molecular flexibility index (Phi) is 3.27. The van der Waals surface area contributed by atoms with Crippen LogP contribution in [-0.4, -0.2) is 22.1 Å². The third-order valence-corrected chi connectivity index (χ3v) is 3.86. The molecule has 23 heavy (non-hydrogen) atoms. The molecule has 1 aromatic carbocycles. The van der Waals surface area contributed by atoms with E-state index in [1.54, 1.807) is 19.5 Å². The van der Waals surface area contributed by atoms with Crippen molar-refractivity contribution in [1.82, 2.24) is 15.0 Å². The maximum absolute atomic E-state index is 5.29. The Morgan fingerprint density at radius 1 is 0.870 bits per heavy atom. The second-order valence-electron chi connectivity index (χ2n) is 5.23. The Bertz CT molecular complexity index is 946. The van der Waals surface area contributed by atoms with Gasteiger partial charge in [0, 0.05) is 24.0 Å². The third-order valence-electron chi connectivity index (χ3n) is 3.86. The molecule has 0 aliphatic rings. The fourth-order valence-electron chi connectivity index (χ4n) is 2.78. The molecule has 0 unspecified atom stereocenters. The minimum atomic E-state index is 0.603. The summed E-state index contributed by atoms with van der Waals surface area (Å²) >= 11 is 0. The van der Waals surface area contributed by atoms with Gasteiger partial charge < -0.3 is 9.72 Å². The molecule has 112 valence electrons. The molecule has 0 aliphatic carbocycles. The molecule has 0 radical (unpaired) electrons. The molecule has 3 aromatic heterocycles. The van der Waals surface area contributed by atoms with Gasteiger partial charge in [0.05, 0.1) is 18.3 Å². The van der Waals surface area contributed by atoms with Crippen molar-refractivity contribution in [3.8, 4) is 28.3 Å². The van der Waals surface area contributed by atoms with Gasteiger partial charge in [-0.1, -0.05) is 30.3 Å². The topological polar surface area (TPSA) is 50.8 Å². The first-order chi connectivity index (χ1) is 11.4. The number of H-pyrrole nitrogens is 1. The van der Waals surface area contributed by atoms with Crippen LogP contribution < -0.4 is 4.74 Å². The lowest BCUT2D eigenvalue weighted by molar-refractivity contribution is 0.399. The van der Waals surface area contributed by atoms with Crippen molar-refractivity contribution < 1.29 is 4.74 Å². The number of hydrogen-bond donors (Lipinski definition) is 1. The number of benzene rings is 1. The van der Waals surface area contributed by atoms with E-state index in [9.17, 15) is 0 Å². The molecular weight excluding hydrogens is 286 g/mol. The average molecular weight is 301 g/mol. The Hall–Kier alpha value is -3.14. The Morgan fingerprint density at radius 3 is 2.39 bits per heavy atom. The van der Waals surface area contributed by atoms with Gasteiger partial charge in [-0.2, -0.15) is 0 Å². The van der Waals surface area contributed by atoms with E-state index >= 15 is 0 Å². The van der Waals surface area contributed by atoms with Crippen LogP contribution >= 0.6 is 0 Å². The molecule has 0 bridgehead atoms. The molecule has 1 N–H and O–H groups in total. The summed E-state index contributed by atoms with van der Waals surface area (Å²) in [6.07, 6.45) is 3.59. The van der Waals surface area contributed by atoms with E-state index in [0.29, 0.717) is 5.88 Å². The van der Waals surface area contributed by atoms with Gasteiger partial charge in [0.25, 0.3) is 0 Å². The molecule has 4 rings (SSSR count). The molecule has 0 atom stereocenters. The minimum Gasteiger partial charge on any atom is -0.481 e. The first-order valence-electron chi connectivity index (χ1n) is 7.39. The summed E-state index contributed by atoms with van der Waals surface area (Å²) in [5.41, 5.74) is 6.19. The maximum Gasteiger partial charge on any atom is 0.213 e. The zero-order chi connectivity index (χ0) is 15.6. The second-order valence-corrected chi connectivity index (χ2v) is 5.23. The van der Waals surface area contributed by atoms with Crippen molar-refractivity contribution in [2.75, 3.05) is 7.11 Å². The third kappa shape index (κ3) is 2.34. The summed E-state index contributed by atoms with van der Waals surface area (Å²) in [4.78, 5) is 12.3. The fourth-order valence-corrected chi connectivity index (χ4v) is 2.78. The minimum absolute atomic E-state index is 0.603. The van der Waals surface area contributed by atoms with Crippen LogP contribution in [0.1, 0.15) is 0 Å². The fraction of sp³-hybridized carbons (Fsp3) is 0.0526. The molecular formula is C19H15N3O. The van der Waals surface area contributed by atoms with Gasteiger partial charge in [0.2, 0.25) is 5.88 Å². The SMILES string of the molecule is COc1ccc2[nH]c(-c3ccccc3)c(-c3ccncc3)c2n1. The summed E-state index contributed by atoms with van der Waals surface area (Å²) in [5, 5.41) is 0. The van der Waals surface area contributed by atoms with E-state index in [4.69, 9.17) is 4.74 Å². The van der Waals surface area contributed by atoms with Crippen LogP contribution in [0.5, 0.6) is 5.88 Å². The highest BCUT2D eigenvalue weighted by molar-refractivity contribution is 6.01. The van der Waals surface area contributed by atoms with Gasteiger partial charge in [-0.3, -0.25) is 4.98 Å². The predicted molar refractivity (Wildman–Crippen MR) is 91.3 cm³/mol. The van der Waals surface area contributed by atoms with Crippen LogP contribution in [-0.2, 0) is 0 Å². The number of nitrogens with one attached hydrogen (secondary N) is 1. The molecule has 0 fully saturated rings. The highest BCUT2D eigenvalue weighted by atomic mass is 16.5. The Labute approximate surface area is 133 Å². The van der Waals surface area contributed by atoms with Gasteiger partial charge in [-0.05, 0) is 29.3 Å². The number of pyridine rings is 2. The molecule has 4 nitrogen and oxygen atoms in total. The number of rotatable bonds is 3. The summed E-state index contributed by atoms with van der Waals surface area (Å²) in [5.74, 6) is 0.603. The van der Waals surface area contributed by atoms with Crippen LogP contribution in [0.2, 0.25) is 0 Å². The van der Waals surface area contributed by atoms with Crippen molar-refractivity contribution in [3.05, 3.63) is 67.0 Å². The largest absolute Gasteiger partial charge is 0.481 e. The molecule has 0 saturated heterocycles. The van der Waals surface area contributed by atoms with Crippen molar-refractivity contribution in [1.29, 1.82) is 0 Å². The van der Waals surface area contributed by atoms with E-state index in [0.717, 1.165) is 33.4 Å². The van der Waals surface area contributed by atoms with Gasteiger partial charge in [-0.15, -0.1) is 0 Å². The van der Waals surface area contributed by atoms with E-state index in [2.05, 4.69) is 27.1 Å². The van der Waals surface area contributed by atoms with E-state index < -0.39 is 0 Å². The average Bonchev–Trinajstić information content (AvgIpc) is 3.01. The molecule has 3 heterocycles. The molecule has 0 amide bonds. The number of ether oxygens (including phenoxy) is 1. The summed E-state index contributed by atoms with van der Waals surface area (Å²) in [6.45, 7) is 0. The van der Waals surface area contributed by atoms with Crippen molar-refractivity contribution in [3.63, 3.8) is 0 Å². The lowest BCUT2D eigenvalue weighted by atomic mass is 10.0. The number of nitrogens with zero attached hydrogens (tertiary/aromatic N) is 2. The highest BCUT2D eigenvalue weighted by Crippen LogP contribution is 2.37. The number of aromatic amines is 1. The molecule has 0 aliphatic heterocycles. The standard InChI is InChI=1S/C19H15N3O/c1-23-16-8-7-15-19(22-16)17(13-9-11-20-12-10-13)18(21-15)14-5-3-2-4-6-14/h2-12,21H,1H3. The van der Waals surface area contributed by atoms with Crippen LogP contribution in [0.3, 0.4) is 0 Å². The Balaban J connectivity index is 2.06. The molecule has 4 heteroatoms. The highest BCUT2D eigenvalue weighted by Gasteiger charge is 2.16. The zero-order valence-corrected chi connectivity index (χ0v) is 12.7. The summed E-state index contributed by atoms with van der Waals surface area (Å²) in [7, 11) is 1.63. The van der Waals surface area contributed by atoms with E-state index in [1.165, 1.54) is 0 Å². The van der Waals surface area contributed by atoms with Gasteiger partial charge >= 0.3 is 0 Å². The first kappa shape index (κ1) is 13.5. The van der Waals surface area contributed by atoms with Crippen LogP contribution in [0.15, 0.2) is 67.0 Å². The number of fused-ring (bicyclic) bond motifs is 1. The van der Waals surface area contributed by atoms with Crippen molar-refractivity contribution in [2.24, 2.45) is 0 Å². The first-order valence-corrected chi connectivity index (χ1v) is 7.39. The molecule has 0 spiro atoms. The van der Waals surface area contributed by atoms with E-state index in [-0.39, 0.29) is 0 Å². The predicted octanol–water partition coefficient (Wildman–Crippen LogP) is 4.30. The zero-order valence-electron chi connectivity index (χ0n) is 12.7. The molecule has 0 saturated carbocycles. The molecule has 4 aromatic rings. The lowest BCUT2D eigenvalue weighted by Crippen LogP contribution is -1.88. The van der Waals surface area contributed by atoms with Crippen molar-refractivity contribution in [2.45, 2.75) is 0 Å². The monoisotopic (exact) mass is 301 g/mol. The summed E-state index contributed by atoms with van der Waals surface area (Å²) in [6, 6.07) is 18.1. The summed E-state index contributed by atoms with van der Waals surface area (Å²) < 4.78 is 5.29. The maximum atomic E-state index is 5.29.